The summed E-state index contributed by atoms with van der Waals surface area (Å²) in [6.45, 7) is 0. The SMILES string of the molecule is COC1C=CC(Cc2ccc(-c3ccco3)cc2)=CC1. The lowest BCUT2D eigenvalue weighted by atomic mass is 9.97. The van der Waals surface area contributed by atoms with E-state index in [1.165, 1.54) is 11.1 Å². The van der Waals surface area contributed by atoms with Crippen molar-refractivity contribution in [3.8, 4) is 11.3 Å². The third-order valence-corrected chi connectivity index (χ3v) is 3.61. The van der Waals surface area contributed by atoms with Crippen molar-refractivity contribution in [2.75, 3.05) is 7.11 Å². The third kappa shape index (κ3) is 2.91. The smallest absolute Gasteiger partial charge is 0.133 e. The van der Waals surface area contributed by atoms with E-state index in [2.05, 4.69) is 42.5 Å². The van der Waals surface area contributed by atoms with Crippen LogP contribution in [-0.2, 0) is 11.2 Å². The fraction of sp³-hybridized carbons (Fsp3) is 0.222. The molecular formula is C18H18O2. The maximum atomic E-state index is 5.40. The maximum Gasteiger partial charge on any atom is 0.133 e. The first-order valence-corrected chi connectivity index (χ1v) is 6.88. The van der Waals surface area contributed by atoms with Gasteiger partial charge in [0, 0.05) is 12.7 Å². The van der Waals surface area contributed by atoms with E-state index in [0.29, 0.717) is 0 Å². The van der Waals surface area contributed by atoms with Gasteiger partial charge in [0.1, 0.15) is 5.76 Å². The molecule has 1 heterocycles. The Morgan fingerprint density at radius 1 is 1.20 bits per heavy atom. The van der Waals surface area contributed by atoms with Crippen LogP contribution in [0.25, 0.3) is 11.3 Å². The molecule has 0 saturated heterocycles. The van der Waals surface area contributed by atoms with Crippen molar-refractivity contribution < 1.29 is 9.15 Å². The quantitative estimate of drug-likeness (QED) is 0.819. The first-order chi connectivity index (χ1) is 9.85. The molecule has 0 N–H and O–H groups in total. The molecule has 1 aromatic carbocycles. The molecule has 0 radical (unpaired) electrons. The van der Waals surface area contributed by atoms with Crippen LogP contribution in [0.4, 0.5) is 0 Å². The lowest BCUT2D eigenvalue weighted by Gasteiger charge is -2.14. The van der Waals surface area contributed by atoms with Gasteiger partial charge in [-0.05, 0) is 36.1 Å². The lowest BCUT2D eigenvalue weighted by Crippen LogP contribution is -2.08. The van der Waals surface area contributed by atoms with Crippen LogP contribution in [0.15, 0.2) is 70.9 Å². The van der Waals surface area contributed by atoms with Gasteiger partial charge in [-0.3, -0.25) is 0 Å². The molecule has 0 bridgehead atoms. The van der Waals surface area contributed by atoms with E-state index in [9.17, 15) is 0 Å². The van der Waals surface area contributed by atoms with Gasteiger partial charge in [-0.15, -0.1) is 0 Å². The van der Waals surface area contributed by atoms with Gasteiger partial charge < -0.3 is 9.15 Å². The van der Waals surface area contributed by atoms with Crippen molar-refractivity contribution in [2.45, 2.75) is 18.9 Å². The van der Waals surface area contributed by atoms with E-state index in [0.717, 1.165) is 24.2 Å². The van der Waals surface area contributed by atoms with Crippen LogP contribution in [0.5, 0.6) is 0 Å². The molecule has 2 aromatic rings. The minimum atomic E-state index is 0.236. The molecule has 20 heavy (non-hydrogen) atoms. The molecule has 0 aliphatic heterocycles. The number of furan rings is 1. The third-order valence-electron chi connectivity index (χ3n) is 3.61. The predicted molar refractivity (Wildman–Crippen MR) is 80.5 cm³/mol. The summed E-state index contributed by atoms with van der Waals surface area (Å²) < 4.78 is 10.7. The molecule has 1 aromatic heterocycles. The Morgan fingerprint density at radius 2 is 2.05 bits per heavy atom. The van der Waals surface area contributed by atoms with Crippen LogP contribution in [0.1, 0.15) is 12.0 Å². The lowest BCUT2D eigenvalue weighted by molar-refractivity contribution is 0.142. The van der Waals surface area contributed by atoms with Crippen LogP contribution >= 0.6 is 0 Å². The van der Waals surface area contributed by atoms with Crippen molar-refractivity contribution in [1.29, 1.82) is 0 Å². The summed E-state index contributed by atoms with van der Waals surface area (Å²) in [5.74, 6) is 0.913. The Balaban J connectivity index is 1.67. The van der Waals surface area contributed by atoms with Gasteiger partial charge in [0.15, 0.2) is 0 Å². The van der Waals surface area contributed by atoms with E-state index in [1.807, 2.05) is 12.1 Å². The van der Waals surface area contributed by atoms with Crippen LogP contribution in [0.2, 0.25) is 0 Å². The van der Waals surface area contributed by atoms with Gasteiger partial charge in [0.25, 0.3) is 0 Å². The van der Waals surface area contributed by atoms with Gasteiger partial charge in [-0.25, -0.2) is 0 Å². The Hall–Kier alpha value is -2.06. The molecule has 0 spiro atoms. The highest BCUT2D eigenvalue weighted by atomic mass is 16.5. The normalized spacial score (nSPS) is 18.1. The number of methoxy groups -OCH3 is 1. The summed E-state index contributed by atoms with van der Waals surface area (Å²) in [5.41, 5.74) is 3.78. The van der Waals surface area contributed by atoms with Gasteiger partial charge in [-0.2, -0.15) is 0 Å². The van der Waals surface area contributed by atoms with Crippen molar-refractivity contribution in [1.82, 2.24) is 0 Å². The number of benzene rings is 1. The molecule has 1 aliphatic rings. The van der Waals surface area contributed by atoms with Crippen molar-refractivity contribution in [3.63, 3.8) is 0 Å². The largest absolute Gasteiger partial charge is 0.464 e. The van der Waals surface area contributed by atoms with Crippen LogP contribution < -0.4 is 0 Å². The van der Waals surface area contributed by atoms with Crippen LogP contribution in [0, 0.1) is 0 Å². The molecule has 3 rings (SSSR count). The van der Waals surface area contributed by atoms with Gasteiger partial charge in [0.2, 0.25) is 0 Å². The first-order valence-electron chi connectivity index (χ1n) is 6.88. The summed E-state index contributed by atoms with van der Waals surface area (Å²) in [5, 5.41) is 0. The predicted octanol–water partition coefficient (Wildman–Crippen LogP) is 4.39. The Labute approximate surface area is 119 Å². The maximum absolute atomic E-state index is 5.40. The monoisotopic (exact) mass is 266 g/mol. The van der Waals surface area contributed by atoms with E-state index < -0.39 is 0 Å². The van der Waals surface area contributed by atoms with E-state index in [4.69, 9.17) is 9.15 Å². The first kappa shape index (κ1) is 12.9. The summed E-state index contributed by atoms with van der Waals surface area (Å²) in [6.07, 6.45) is 10.4. The Bertz CT molecular complexity index is 603. The highest BCUT2D eigenvalue weighted by Crippen LogP contribution is 2.22. The number of hydrogen-bond acceptors (Lipinski definition) is 2. The summed E-state index contributed by atoms with van der Waals surface area (Å²) in [4.78, 5) is 0. The molecule has 0 fully saturated rings. The zero-order valence-corrected chi connectivity index (χ0v) is 11.6. The zero-order chi connectivity index (χ0) is 13.8. The summed E-state index contributed by atoms with van der Waals surface area (Å²) in [7, 11) is 1.75. The fourth-order valence-electron chi connectivity index (χ4n) is 2.42. The topological polar surface area (TPSA) is 22.4 Å². The van der Waals surface area contributed by atoms with E-state index in [1.54, 1.807) is 13.4 Å². The second-order valence-corrected chi connectivity index (χ2v) is 5.00. The molecular weight excluding hydrogens is 248 g/mol. The van der Waals surface area contributed by atoms with Crippen LogP contribution in [-0.4, -0.2) is 13.2 Å². The van der Waals surface area contributed by atoms with Crippen LogP contribution in [0.3, 0.4) is 0 Å². The van der Waals surface area contributed by atoms with Gasteiger partial charge >= 0.3 is 0 Å². The minimum Gasteiger partial charge on any atom is -0.464 e. The Kier molecular flexibility index (Phi) is 3.84. The second-order valence-electron chi connectivity index (χ2n) is 5.00. The molecule has 102 valence electrons. The van der Waals surface area contributed by atoms with Gasteiger partial charge in [-0.1, -0.05) is 42.5 Å². The Morgan fingerprint density at radius 3 is 2.65 bits per heavy atom. The molecule has 0 amide bonds. The molecule has 1 aliphatic carbocycles. The molecule has 0 saturated carbocycles. The van der Waals surface area contributed by atoms with Gasteiger partial charge in [0.05, 0.1) is 12.4 Å². The molecule has 1 unspecified atom stereocenters. The number of rotatable bonds is 4. The fourth-order valence-corrected chi connectivity index (χ4v) is 2.42. The number of ether oxygens (including phenoxy) is 1. The standard InChI is InChI=1S/C18H18O2/c1-19-17-10-6-15(7-11-17)13-14-4-8-16(9-5-14)18-3-2-12-20-18/h2-10,12,17H,11,13H2,1H3. The zero-order valence-electron chi connectivity index (χ0n) is 11.6. The van der Waals surface area contributed by atoms with Crippen molar-refractivity contribution in [3.05, 3.63) is 72.0 Å². The van der Waals surface area contributed by atoms with E-state index >= 15 is 0 Å². The number of hydrogen-bond donors (Lipinski definition) is 0. The molecule has 2 nitrogen and oxygen atoms in total. The second kappa shape index (κ2) is 5.93. The number of allylic oxidation sites excluding steroid dienone is 2. The minimum absolute atomic E-state index is 0.236. The van der Waals surface area contributed by atoms with Crippen molar-refractivity contribution in [2.24, 2.45) is 0 Å². The highest BCUT2D eigenvalue weighted by Gasteiger charge is 2.08. The summed E-state index contributed by atoms with van der Waals surface area (Å²) >= 11 is 0. The van der Waals surface area contributed by atoms with Crippen molar-refractivity contribution >= 4 is 0 Å². The summed E-state index contributed by atoms with van der Waals surface area (Å²) in [6, 6.07) is 12.4. The average molecular weight is 266 g/mol. The van der Waals surface area contributed by atoms with E-state index in [-0.39, 0.29) is 6.10 Å². The average Bonchev–Trinajstić information content (AvgIpc) is 3.03. The molecule has 2 heteroatoms. The highest BCUT2D eigenvalue weighted by molar-refractivity contribution is 5.57. The molecule has 1 atom stereocenters.